The standard InChI is InChI=1S/C7H11N2O4P/c1-2-5-11-14(10,12-6-3-8)13-7-4-9/h2,5-7H2,1H3. The fourth-order valence-corrected chi connectivity index (χ4v) is 1.59. The van der Waals surface area contributed by atoms with Gasteiger partial charge in [-0.1, -0.05) is 6.92 Å². The van der Waals surface area contributed by atoms with Crippen molar-refractivity contribution in [2.75, 3.05) is 19.8 Å². The normalized spacial score (nSPS) is 10.5. The van der Waals surface area contributed by atoms with Crippen LogP contribution in [0.15, 0.2) is 0 Å². The second-order valence-corrected chi connectivity index (χ2v) is 3.81. The number of phosphoric ester groups is 1. The Bertz CT molecular complexity index is 258. The van der Waals surface area contributed by atoms with E-state index in [0.717, 1.165) is 0 Å². The van der Waals surface area contributed by atoms with Crippen molar-refractivity contribution >= 4 is 7.82 Å². The molecule has 0 aliphatic rings. The Morgan fingerprint density at radius 3 is 2.00 bits per heavy atom. The number of phosphoric acid groups is 1. The van der Waals surface area contributed by atoms with Gasteiger partial charge in [0.25, 0.3) is 0 Å². The lowest BCUT2D eigenvalue weighted by Gasteiger charge is -2.14. The lowest BCUT2D eigenvalue weighted by molar-refractivity contribution is 0.133. The molecule has 0 aliphatic heterocycles. The van der Waals surface area contributed by atoms with Crippen molar-refractivity contribution in [3.8, 4) is 12.1 Å². The van der Waals surface area contributed by atoms with E-state index in [2.05, 4.69) is 9.05 Å². The van der Waals surface area contributed by atoms with E-state index in [1.807, 2.05) is 6.92 Å². The first-order valence-electron chi connectivity index (χ1n) is 3.96. The molecule has 0 fully saturated rings. The zero-order valence-electron chi connectivity index (χ0n) is 7.80. The van der Waals surface area contributed by atoms with Crippen LogP contribution in [0.25, 0.3) is 0 Å². The molecule has 14 heavy (non-hydrogen) atoms. The molecule has 78 valence electrons. The molecule has 0 aromatic heterocycles. The molecular formula is C7H11N2O4P. The summed E-state index contributed by atoms with van der Waals surface area (Å²) in [5.41, 5.74) is 0. The SMILES string of the molecule is CCCOP(=O)(OCC#N)OCC#N. The zero-order valence-corrected chi connectivity index (χ0v) is 8.70. The average Bonchev–Trinajstić information content (AvgIpc) is 2.21. The van der Waals surface area contributed by atoms with E-state index in [-0.39, 0.29) is 6.61 Å². The summed E-state index contributed by atoms with van der Waals surface area (Å²) in [5.74, 6) is 0. The number of hydrogen-bond donors (Lipinski definition) is 0. The molecule has 0 saturated carbocycles. The number of hydrogen-bond acceptors (Lipinski definition) is 6. The van der Waals surface area contributed by atoms with Crippen LogP contribution in [0.4, 0.5) is 0 Å². The van der Waals surface area contributed by atoms with Gasteiger partial charge >= 0.3 is 7.82 Å². The average molecular weight is 218 g/mol. The summed E-state index contributed by atoms with van der Waals surface area (Å²) < 4.78 is 25.5. The number of rotatable bonds is 7. The Hall–Kier alpha value is -0.910. The summed E-state index contributed by atoms with van der Waals surface area (Å²) in [6.45, 7) is 1.21. The van der Waals surface area contributed by atoms with Gasteiger partial charge < -0.3 is 0 Å². The van der Waals surface area contributed by atoms with Crippen LogP contribution in [-0.4, -0.2) is 19.8 Å². The third kappa shape index (κ3) is 5.69. The Balaban J connectivity index is 4.13. The Morgan fingerprint density at radius 2 is 1.64 bits per heavy atom. The van der Waals surface area contributed by atoms with E-state index in [4.69, 9.17) is 15.0 Å². The quantitative estimate of drug-likeness (QED) is 0.602. The molecule has 0 spiro atoms. The minimum atomic E-state index is -3.71. The highest BCUT2D eigenvalue weighted by atomic mass is 31.2. The first kappa shape index (κ1) is 13.1. The fraction of sp³-hybridized carbons (Fsp3) is 0.714. The zero-order chi connectivity index (χ0) is 10.9. The third-order valence-corrected chi connectivity index (χ3v) is 2.42. The van der Waals surface area contributed by atoms with Crippen LogP contribution >= 0.6 is 7.82 Å². The molecule has 0 N–H and O–H groups in total. The molecule has 0 radical (unpaired) electrons. The molecule has 0 aromatic rings. The monoisotopic (exact) mass is 218 g/mol. The van der Waals surface area contributed by atoms with Crippen LogP contribution in [0.3, 0.4) is 0 Å². The molecule has 0 aliphatic carbocycles. The molecule has 0 saturated heterocycles. The topological polar surface area (TPSA) is 92.3 Å². The summed E-state index contributed by atoms with van der Waals surface area (Å²) >= 11 is 0. The summed E-state index contributed by atoms with van der Waals surface area (Å²) in [7, 11) is -3.71. The number of nitriles is 2. The van der Waals surface area contributed by atoms with Crippen molar-refractivity contribution in [1.29, 1.82) is 10.5 Å². The van der Waals surface area contributed by atoms with Crippen LogP contribution in [0.1, 0.15) is 13.3 Å². The fourth-order valence-electron chi connectivity index (χ4n) is 0.531. The van der Waals surface area contributed by atoms with Crippen molar-refractivity contribution in [3.05, 3.63) is 0 Å². The molecule has 0 atom stereocenters. The first-order chi connectivity index (χ1) is 6.68. The van der Waals surface area contributed by atoms with Crippen molar-refractivity contribution in [1.82, 2.24) is 0 Å². The van der Waals surface area contributed by atoms with Crippen molar-refractivity contribution < 1.29 is 18.1 Å². The van der Waals surface area contributed by atoms with E-state index in [1.165, 1.54) is 0 Å². The molecular weight excluding hydrogens is 207 g/mol. The van der Waals surface area contributed by atoms with Crippen LogP contribution in [0.2, 0.25) is 0 Å². The minimum absolute atomic E-state index is 0.189. The maximum absolute atomic E-state index is 11.5. The maximum atomic E-state index is 11.5. The van der Waals surface area contributed by atoms with Crippen molar-refractivity contribution in [3.63, 3.8) is 0 Å². The summed E-state index contributed by atoms with van der Waals surface area (Å²) in [6, 6.07) is 3.28. The highest BCUT2D eigenvalue weighted by Gasteiger charge is 2.25. The molecule has 0 amide bonds. The molecule has 0 heterocycles. The van der Waals surface area contributed by atoms with Crippen molar-refractivity contribution in [2.45, 2.75) is 13.3 Å². The maximum Gasteiger partial charge on any atom is 0.476 e. The van der Waals surface area contributed by atoms with E-state index >= 15 is 0 Å². The molecule has 7 heteroatoms. The summed E-state index contributed by atoms with van der Waals surface area (Å²) in [5, 5.41) is 16.4. The third-order valence-electron chi connectivity index (χ3n) is 1.03. The smallest absolute Gasteiger partial charge is 0.287 e. The molecule has 0 unspecified atom stereocenters. The van der Waals surface area contributed by atoms with Gasteiger partial charge in [0.05, 0.1) is 18.7 Å². The Kier molecular flexibility index (Phi) is 7.00. The van der Waals surface area contributed by atoms with Gasteiger partial charge in [-0.05, 0) is 6.42 Å². The van der Waals surface area contributed by atoms with Gasteiger partial charge in [-0.25, -0.2) is 4.57 Å². The molecule has 6 nitrogen and oxygen atoms in total. The minimum Gasteiger partial charge on any atom is -0.287 e. The van der Waals surface area contributed by atoms with Crippen LogP contribution in [0.5, 0.6) is 0 Å². The van der Waals surface area contributed by atoms with Gasteiger partial charge in [0.2, 0.25) is 0 Å². The van der Waals surface area contributed by atoms with Gasteiger partial charge in [0.15, 0.2) is 0 Å². The Morgan fingerprint density at radius 1 is 1.14 bits per heavy atom. The lowest BCUT2D eigenvalue weighted by atomic mass is 10.5. The Labute approximate surface area is 82.6 Å². The van der Waals surface area contributed by atoms with E-state index in [9.17, 15) is 4.57 Å². The predicted molar refractivity (Wildman–Crippen MR) is 47.0 cm³/mol. The lowest BCUT2D eigenvalue weighted by Crippen LogP contribution is -2.01. The van der Waals surface area contributed by atoms with E-state index in [1.54, 1.807) is 12.1 Å². The van der Waals surface area contributed by atoms with E-state index < -0.39 is 21.0 Å². The highest BCUT2D eigenvalue weighted by molar-refractivity contribution is 7.48. The summed E-state index contributed by atoms with van der Waals surface area (Å²) in [6.07, 6.45) is 0.635. The highest BCUT2D eigenvalue weighted by Crippen LogP contribution is 2.49. The molecule has 0 aromatic carbocycles. The van der Waals surface area contributed by atoms with Crippen molar-refractivity contribution in [2.24, 2.45) is 0 Å². The van der Waals surface area contributed by atoms with Gasteiger partial charge in [-0.15, -0.1) is 0 Å². The van der Waals surface area contributed by atoms with Gasteiger partial charge in [-0.3, -0.25) is 13.6 Å². The van der Waals surface area contributed by atoms with Crippen LogP contribution in [-0.2, 0) is 18.1 Å². The van der Waals surface area contributed by atoms with E-state index in [0.29, 0.717) is 6.42 Å². The number of nitrogens with zero attached hydrogens (tertiary/aromatic N) is 2. The van der Waals surface area contributed by atoms with Gasteiger partial charge in [-0.2, -0.15) is 10.5 Å². The second kappa shape index (κ2) is 7.49. The van der Waals surface area contributed by atoms with Gasteiger partial charge in [0, 0.05) is 0 Å². The van der Waals surface area contributed by atoms with Crippen LogP contribution in [0, 0.1) is 22.7 Å². The van der Waals surface area contributed by atoms with Crippen LogP contribution < -0.4 is 0 Å². The van der Waals surface area contributed by atoms with Gasteiger partial charge in [0.1, 0.15) is 13.2 Å². The molecule has 0 rings (SSSR count). The molecule has 0 bridgehead atoms. The summed E-state index contributed by atoms with van der Waals surface area (Å²) in [4.78, 5) is 0. The first-order valence-corrected chi connectivity index (χ1v) is 5.42. The predicted octanol–water partition coefficient (Wildman–Crippen LogP) is 1.60. The largest absolute Gasteiger partial charge is 0.476 e. The second-order valence-electron chi connectivity index (χ2n) is 2.14.